The smallest absolute Gasteiger partial charge is 0.148 e. The number of anilines is 3. The number of aryl methyl sites for hydroxylation is 3. The van der Waals surface area contributed by atoms with Crippen molar-refractivity contribution in [3.63, 3.8) is 0 Å². The van der Waals surface area contributed by atoms with E-state index in [0.29, 0.717) is 5.82 Å². The van der Waals surface area contributed by atoms with Gasteiger partial charge < -0.3 is 10.3 Å². The van der Waals surface area contributed by atoms with Crippen molar-refractivity contribution in [2.75, 3.05) is 16.9 Å². The number of benzene rings is 1. The summed E-state index contributed by atoms with van der Waals surface area (Å²) in [6, 6.07) is 6.62. The second kappa shape index (κ2) is 5.33. The summed E-state index contributed by atoms with van der Waals surface area (Å²) in [4.78, 5) is 11.3. The normalized spacial score (nSPS) is 14.0. The molecule has 110 valence electrons. The lowest BCUT2D eigenvalue weighted by atomic mass is 9.99. The summed E-state index contributed by atoms with van der Waals surface area (Å²) in [6.07, 6.45) is 2.25. The minimum absolute atomic E-state index is 0.691. The third kappa shape index (κ3) is 2.45. The van der Waals surface area contributed by atoms with Gasteiger partial charge in [0.2, 0.25) is 0 Å². The van der Waals surface area contributed by atoms with Crippen LogP contribution in [0, 0.1) is 20.8 Å². The van der Waals surface area contributed by atoms with Gasteiger partial charge in [-0.25, -0.2) is 15.8 Å². The average molecular weight is 283 g/mol. The molecule has 21 heavy (non-hydrogen) atoms. The Morgan fingerprint density at radius 2 is 2.00 bits per heavy atom. The fraction of sp³-hybridized carbons (Fsp3) is 0.375. The van der Waals surface area contributed by atoms with Crippen LogP contribution in [0.15, 0.2) is 18.2 Å². The van der Waals surface area contributed by atoms with E-state index in [1.54, 1.807) is 0 Å². The summed E-state index contributed by atoms with van der Waals surface area (Å²) in [6.45, 7) is 7.00. The second-order valence-corrected chi connectivity index (χ2v) is 5.60. The van der Waals surface area contributed by atoms with Crippen molar-refractivity contribution >= 4 is 17.3 Å². The highest BCUT2D eigenvalue weighted by Crippen LogP contribution is 2.35. The first kappa shape index (κ1) is 13.8. The second-order valence-electron chi connectivity index (χ2n) is 5.60. The van der Waals surface area contributed by atoms with Gasteiger partial charge in [-0.15, -0.1) is 0 Å². The molecule has 0 saturated carbocycles. The van der Waals surface area contributed by atoms with E-state index in [4.69, 9.17) is 5.84 Å². The molecule has 1 aliphatic heterocycles. The van der Waals surface area contributed by atoms with Gasteiger partial charge in [-0.3, -0.25) is 0 Å². The van der Waals surface area contributed by atoms with Crippen LogP contribution in [0.1, 0.15) is 28.9 Å². The zero-order valence-corrected chi connectivity index (χ0v) is 12.8. The third-order valence-corrected chi connectivity index (χ3v) is 3.98. The number of nitrogen functional groups attached to an aromatic ring is 1. The number of hydrogen-bond acceptors (Lipinski definition) is 5. The predicted octanol–water partition coefficient (Wildman–Crippen LogP) is 2.77. The summed E-state index contributed by atoms with van der Waals surface area (Å²) in [5.74, 6) is 7.93. The molecule has 0 saturated heterocycles. The molecule has 3 N–H and O–H groups in total. The van der Waals surface area contributed by atoms with Crippen molar-refractivity contribution in [2.24, 2.45) is 5.84 Å². The number of hydrazine groups is 1. The molecule has 0 spiro atoms. The van der Waals surface area contributed by atoms with E-state index in [0.717, 1.165) is 36.6 Å². The molecule has 0 radical (unpaired) electrons. The number of fused-ring (bicyclic) bond motifs is 1. The highest BCUT2D eigenvalue weighted by atomic mass is 15.3. The van der Waals surface area contributed by atoms with Gasteiger partial charge in [-0.2, -0.15) is 0 Å². The van der Waals surface area contributed by atoms with E-state index < -0.39 is 0 Å². The van der Waals surface area contributed by atoms with Gasteiger partial charge in [-0.05, 0) is 45.2 Å². The van der Waals surface area contributed by atoms with Gasteiger partial charge in [0.05, 0.1) is 0 Å². The van der Waals surface area contributed by atoms with Gasteiger partial charge in [-0.1, -0.05) is 17.7 Å². The van der Waals surface area contributed by atoms with Gasteiger partial charge in [0, 0.05) is 17.8 Å². The van der Waals surface area contributed by atoms with Gasteiger partial charge in [0.25, 0.3) is 0 Å². The van der Waals surface area contributed by atoms with Crippen LogP contribution in [-0.2, 0) is 6.42 Å². The molecule has 5 heteroatoms. The first-order valence-electron chi connectivity index (χ1n) is 7.29. The molecule has 0 amide bonds. The van der Waals surface area contributed by atoms with Crippen LogP contribution in [0.5, 0.6) is 0 Å². The van der Waals surface area contributed by atoms with Crippen LogP contribution in [-0.4, -0.2) is 16.5 Å². The Morgan fingerprint density at radius 3 is 2.76 bits per heavy atom. The zero-order chi connectivity index (χ0) is 15.0. The molecule has 1 aromatic heterocycles. The highest BCUT2D eigenvalue weighted by molar-refractivity contribution is 5.70. The maximum Gasteiger partial charge on any atom is 0.148 e. The third-order valence-electron chi connectivity index (χ3n) is 3.98. The minimum Gasteiger partial charge on any atom is -0.326 e. The maximum atomic E-state index is 5.57. The molecule has 1 aromatic carbocycles. The molecule has 5 nitrogen and oxygen atoms in total. The van der Waals surface area contributed by atoms with Crippen molar-refractivity contribution < 1.29 is 0 Å². The first-order chi connectivity index (χ1) is 10.1. The zero-order valence-electron chi connectivity index (χ0n) is 12.8. The summed E-state index contributed by atoms with van der Waals surface area (Å²) in [5, 5.41) is 0. The average Bonchev–Trinajstić information content (AvgIpc) is 2.48. The van der Waals surface area contributed by atoms with E-state index >= 15 is 0 Å². The van der Waals surface area contributed by atoms with E-state index in [9.17, 15) is 0 Å². The predicted molar refractivity (Wildman–Crippen MR) is 85.8 cm³/mol. The van der Waals surface area contributed by atoms with Crippen LogP contribution in [0.25, 0.3) is 0 Å². The largest absolute Gasteiger partial charge is 0.326 e. The lowest BCUT2D eigenvalue weighted by Gasteiger charge is -2.32. The number of rotatable bonds is 2. The minimum atomic E-state index is 0.691. The van der Waals surface area contributed by atoms with Gasteiger partial charge in [0.15, 0.2) is 0 Å². The van der Waals surface area contributed by atoms with Crippen molar-refractivity contribution in [2.45, 2.75) is 33.6 Å². The summed E-state index contributed by atoms with van der Waals surface area (Å²) >= 11 is 0. The Balaban J connectivity index is 2.13. The van der Waals surface area contributed by atoms with Crippen molar-refractivity contribution in [1.29, 1.82) is 0 Å². The first-order valence-corrected chi connectivity index (χ1v) is 7.29. The molecule has 2 heterocycles. The number of hydrogen-bond donors (Lipinski definition) is 2. The highest BCUT2D eigenvalue weighted by Gasteiger charge is 2.22. The van der Waals surface area contributed by atoms with Gasteiger partial charge in [0.1, 0.15) is 17.5 Å². The van der Waals surface area contributed by atoms with E-state index in [1.807, 2.05) is 13.8 Å². The summed E-state index contributed by atoms with van der Waals surface area (Å²) in [7, 11) is 0. The number of nitrogens with two attached hydrogens (primary N) is 1. The van der Waals surface area contributed by atoms with Crippen LogP contribution in [0.4, 0.5) is 17.3 Å². The van der Waals surface area contributed by atoms with Crippen LogP contribution in [0.3, 0.4) is 0 Å². The molecular formula is C16H21N5. The topological polar surface area (TPSA) is 67.1 Å². The van der Waals surface area contributed by atoms with Crippen molar-refractivity contribution in [3.8, 4) is 0 Å². The Hall–Kier alpha value is -2.14. The molecular weight excluding hydrogens is 262 g/mol. The molecule has 0 atom stereocenters. The number of nitrogens with one attached hydrogen (secondary N) is 1. The molecule has 3 rings (SSSR count). The molecule has 0 unspecified atom stereocenters. The Morgan fingerprint density at radius 1 is 1.19 bits per heavy atom. The molecule has 0 fully saturated rings. The monoisotopic (exact) mass is 283 g/mol. The molecule has 0 aliphatic carbocycles. The van der Waals surface area contributed by atoms with Crippen LogP contribution >= 0.6 is 0 Å². The lowest BCUT2D eigenvalue weighted by molar-refractivity contribution is 0.753. The number of aromatic nitrogens is 2. The van der Waals surface area contributed by atoms with E-state index in [-0.39, 0.29) is 0 Å². The standard InChI is InChI=1S/C16H21N5/c1-10-6-7-14-13(9-10)5-4-8-21(14)16-11(2)15(20-17)18-12(3)19-16/h6-7,9H,4-5,8,17H2,1-3H3,(H,18,19,20). The SMILES string of the molecule is Cc1ccc2c(c1)CCCN2c1nc(C)nc(NN)c1C. The Bertz CT molecular complexity index is 681. The van der Waals surface area contributed by atoms with Crippen molar-refractivity contribution in [1.82, 2.24) is 9.97 Å². The van der Waals surface area contributed by atoms with Crippen molar-refractivity contribution in [3.05, 3.63) is 40.7 Å². The van der Waals surface area contributed by atoms with Crippen LogP contribution < -0.4 is 16.2 Å². The van der Waals surface area contributed by atoms with Gasteiger partial charge >= 0.3 is 0 Å². The van der Waals surface area contributed by atoms with Crippen LogP contribution in [0.2, 0.25) is 0 Å². The quantitative estimate of drug-likeness (QED) is 0.655. The molecule has 1 aliphatic rings. The lowest BCUT2D eigenvalue weighted by Crippen LogP contribution is -2.27. The summed E-state index contributed by atoms with van der Waals surface area (Å²) < 4.78 is 0. The summed E-state index contributed by atoms with van der Waals surface area (Å²) in [5.41, 5.74) is 7.59. The van der Waals surface area contributed by atoms with E-state index in [1.165, 1.54) is 16.8 Å². The molecule has 2 aromatic rings. The molecule has 0 bridgehead atoms. The fourth-order valence-electron chi connectivity index (χ4n) is 2.96. The van der Waals surface area contributed by atoms with E-state index in [2.05, 4.69) is 45.4 Å². The fourth-order valence-corrected chi connectivity index (χ4v) is 2.96. The Kier molecular flexibility index (Phi) is 3.51. The Labute approximate surface area is 125 Å². The maximum absolute atomic E-state index is 5.57. The number of nitrogens with zero attached hydrogens (tertiary/aromatic N) is 3.